The molecule has 0 saturated carbocycles. The molecule has 2 heterocycles. The molecule has 2 amide bonds. The zero-order valence-corrected chi connectivity index (χ0v) is 10.6. The third kappa shape index (κ3) is 2.62. The monoisotopic (exact) mass is 262 g/mol. The SMILES string of the molecule is CC1=CC(=O)[C@H](C[C@H]2C(=O)C=C(C)NC2=O)C(=O)N1. The van der Waals surface area contributed by atoms with Crippen LogP contribution in [0.15, 0.2) is 23.5 Å². The summed E-state index contributed by atoms with van der Waals surface area (Å²) in [7, 11) is 0. The molecule has 0 radical (unpaired) electrons. The van der Waals surface area contributed by atoms with E-state index in [0.717, 1.165) is 0 Å². The summed E-state index contributed by atoms with van der Waals surface area (Å²) in [5.41, 5.74) is 0.947. The Kier molecular flexibility index (Phi) is 3.33. The van der Waals surface area contributed by atoms with Gasteiger partial charge in [-0.1, -0.05) is 0 Å². The number of hydrogen-bond donors (Lipinski definition) is 2. The second kappa shape index (κ2) is 4.79. The van der Waals surface area contributed by atoms with Crippen molar-refractivity contribution in [1.82, 2.24) is 10.6 Å². The predicted molar refractivity (Wildman–Crippen MR) is 65.4 cm³/mol. The summed E-state index contributed by atoms with van der Waals surface area (Å²) >= 11 is 0. The van der Waals surface area contributed by atoms with Gasteiger partial charge in [0.25, 0.3) is 0 Å². The quantitative estimate of drug-likeness (QED) is 0.675. The molecule has 0 aromatic rings. The lowest BCUT2D eigenvalue weighted by Crippen LogP contribution is -2.44. The van der Waals surface area contributed by atoms with Crippen LogP contribution in [0.2, 0.25) is 0 Å². The van der Waals surface area contributed by atoms with E-state index in [1.54, 1.807) is 13.8 Å². The first-order chi connectivity index (χ1) is 8.88. The van der Waals surface area contributed by atoms with Crippen LogP contribution in [-0.2, 0) is 19.2 Å². The van der Waals surface area contributed by atoms with Crippen molar-refractivity contribution in [2.24, 2.45) is 11.8 Å². The van der Waals surface area contributed by atoms with Gasteiger partial charge in [-0.2, -0.15) is 0 Å². The fraction of sp³-hybridized carbons (Fsp3) is 0.385. The Morgan fingerprint density at radius 1 is 0.842 bits per heavy atom. The minimum atomic E-state index is -0.977. The molecule has 0 aromatic carbocycles. The summed E-state index contributed by atoms with van der Waals surface area (Å²) in [6.45, 7) is 3.22. The van der Waals surface area contributed by atoms with E-state index < -0.39 is 23.7 Å². The summed E-state index contributed by atoms with van der Waals surface area (Å²) in [5.74, 6) is -3.61. The van der Waals surface area contributed by atoms with E-state index in [4.69, 9.17) is 0 Å². The van der Waals surface area contributed by atoms with Crippen LogP contribution >= 0.6 is 0 Å². The average Bonchev–Trinajstić information content (AvgIpc) is 2.25. The molecule has 2 aliphatic rings. The fourth-order valence-electron chi connectivity index (χ4n) is 2.20. The standard InChI is InChI=1S/C13H14N2O4/c1-6-3-10(16)8(12(18)14-6)5-9-11(17)4-7(2)15-13(9)19/h3-4,8-9H,5H2,1-2H3,(H,14,18)(H,15,19)/t8-,9-/m0/s1. The van der Waals surface area contributed by atoms with E-state index in [2.05, 4.69) is 10.6 Å². The number of nitrogens with one attached hydrogen (secondary N) is 2. The van der Waals surface area contributed by atoms with Crippen LogP contribution in [0.4, 0.5) is 0 Å². The Morgan fingerprint density at radius 3 is 1.53 bits per heavy atom. The third-order valence-electron chi connectivity index (χ3n) is 3.15. The van der Waals surface area contributed by atoms with Crippen molar-refractivity contribution in [2.75, 3.05) is 0 Å². The topological polar surface area (TPSA) is 92.3 Å². The van der Waals surface area contributed by atoms with Crippen LogP contribution in [0.3, 0.4) is 0 Å². The first kappa shape index (κ1) is 13.2. The van der Waals surface area contributed by atoms with Crippen LogP contribution in [0, 0.1) is 11.8 Å². The van der Waals surface area contributed by atoms with E-state index in [1.807, 2.05) is 0 Å². The number of allylic oxidation sites excluding steroid dienone is 4. The highest BCUT2D eigenvalue weighted by Gasteiger charge is 2.37. The highest BCUT2D eigenvalue weighted by molar-refractivity contribution is 6.13. The van der Waals surface area contributed by atoms with Gasteiger partial charge < -0.3 is 10.6 Å². The summed E-state index contributed by atoms with van der Waals surface area (Å²) in [5, 5.41) is 5.06. The van der Waals surface area contributed by atoms with E-state index in [9.17, 15) is 19.2 Å². The highest BCUT2D eigenvalue weighted by Crippen LogP contribution is 2.22. The van der Waals surface area contributed by atoms with Crippen molar-refractivity contribution >= 4 is 23.4 Å². The number of carbonyl (C=O) groups excluding carboxylic acids is 4. The predicted octanol–water partition coefficient (Wildman–Crippen LogP) is -0.186. The number of amides is 2. The van der Waals surface area contributed by atoms with Gasteiger partial charge in [-0.05, 0) is 20.3 Å². The van der Waals surface area contributed by atoms with Crippen molar-refractivity contribution in [2.45, 2.75) is 20.3 Å². The molecule has 6 nitrogen and oxygen atoms in total. The number of ketones is 2. The van der Waals surface area contributed by atoms with E-state index in [1.165, 1.54) is 12.2 Å². The Labute approximate surface area is 109 Å². The van der Waals surface area contributed by atoms with Gasteiger partial charge in [-0.25, -0.2) is 0 Å². The maximum Gasteiger partial charge on any atom is 0.235 e. The van der Waals surface area contributed by atoms with Gasteiger partial charge in [0.2, 0.25) is 11.8 Å². The van der Waals surface area contributed by atoms with E-state index in [-0.39, 0.29) is 18.0 Å². The van der Waals surface area contributed by atoms with Crippen molar-refractivity contribution in [3.05, 3.63) is 23.5 Å². The van der Waals surface area contributed by atoms with Gasteiger partial charge in [0.15, 0.2) is 11.6 Å². The molecular weight excluding hydrogens is 248 g/mol. The van der Waals surface area contributed by atoms with Crippen LogP contribution in [0.5, 0.6) is 0 Å². The molecule has 2 atom stereocenters. The Bertz CT molecular complexity index is 497. The molecule has 2 aliphatic heterocycles. The normalized spacial score (nSPS) is 27.5. The molecule has 100 valence electrons. The largest absolute Gasteiger partial charge is 0.329 e. The van der Waals surface area contributed by atoms with Crippen molar-refractivity contribution in [1.29, 1.82) is 0 Å². The minimum absolute atomic E-state index is 0.0944. The number of hydrogen-bond acceptors (Lipinski definition) is 4. The maximum atomic E-state index is 11.8. The molecule has 0 saturated heterocycles. The van der Waals surface area contributed by atoms with Crippen LogP contribution in [0.1, 0.15) is 20.3 Å². The average molecular weight is 262 g/mol. The van der Waals surface area contributed by atoms with Gasteiger partial charge in [0.1, 0.15) is 11.8 Å². The Morgan fingerprint density at radius 2 is 1.21 bits per heavy atom. The van der Waals surface area contributed by atoms with Gasteiger partial charge in [-0.15, -0.1) is 0 Å². The van der Waals surface area contributed by atoms with Crippen molar-refractivity contribution in [3.8, 4) is 0 Å². The van der Waals surface area contributed by atoms with E-state index in [0.29, 0.717) is 11.4 Å². The van der Waals surface area contributed by atoms with E-state index >= 15 is 0 Å². The molecule has 0 aromatic heterocycles. The first-order valence-corrected chi connectivity index (χ1v) is 5.94. The van der Waals surface area contributed by atoms with Crippen molar-refractivity contribution in [3.63, 3.8) is 0 Å². The summed E-state index contributed by atoms with van der Waals surface area (Å²) in [6, 6.07) is 0. The molecule has 2 rings (SSSR count). The molecule has 0 unspecified atom stereocenters. The lowest BCUT2D eigenvalue weighted by molar-refractivity contribution is -0.136. The Balaban J connectivity index is 2.18. The zero-order chi connectivity index (χ0) is 14.2. The number of rotatable bonds is 2. The third-order valence-corrected chi connectivity index (χ3v) is 3.15. The summed E-state index contributed by atoms with van der Waals surface area (Å²) < 4.78 is 0. The first-order valence-electron chi connectivity index (χ1n) is 5.94. The lowest BCUT2D eigenvalue weighted by atomic mass is 9.84. The molecule has 19 heavy (non-hydrogen) atoms. The zero-order valence-electron chi connectivity index (χ0n) is 10.6. The number of carbonyl (C=O) groups is 4. The molecular formula is C13H14N2O4. The molecule has 2 N–H and O–H groups in total. The van der Waals surface area contributed by atoms with Gasteiger partial charge in [0, 0.05) is 23.5 Å². The molecule has 0 aliphatic carbocycles. The second-order valence-corrected chi connectivity index (χ2v) is 4.78. The fourth-order valence-corrected chi connectivity index (χ4v) is 2.20. The second-order valence-electron chi connectivity index (χ2n) is 4.78. The van der Waals surface area contributed by atoms with Gasteiger partial charge in [0.05, 0.1) is 0 Å². The lowest BCUT2D eigenvalue weighted by Gasteiger charge is -2.24. The van der Waals surface area contributed by atoms with Gasteiger partial charge in [-0.3, -0.25) is 19.2 Å². The minimum Gasteiger partial charge on any atom is -0.329 e. The molecule has 0 fully saturated rings. The maximum absolute atomic E-state index is 11.8. The molecule has 6 heteroatoms. The molecule has 0 bridgehead atoms. The van der Waals surface area contributed by atoms with Crippen LogP contribution < -0.4 is 10.6 Å². The highest BCUT2D eigenvalue weighted by atomic mass is 16.2. The van der Waals surface area contributed by atoms with Crippen molar-refractivity contribution < 1.29 is 19.2 Å². The van der Waals surface area contributed by atoms with Crippen LogP contribution in [-0.4, -0.2) is 23.4 Å². The van der Waals surface area contributed by atoms with Crippen LogP contribution in [0.25, 0.3) is 0 Å². The summed E-state index contributed by atoms with van der Waals surface area (Å²) in [6.07, 6.45) is 2.54. The Hall–Kier alpha value is -2.24. The molecule has 0 spiro atoms. The smallest absolute Gasteiger partial charge is 0.235 e. The van der Waals surface area contributed by atoms with Gasteiger partial charge >= 0.3 is 0 Å². The summed E-state index contributed by atoms with van der Waals surface area (Å²) in [4.78, 5) is 47.0.